The maximum absolute atomic E-state index is 11.9. The van der Waals surface area contributed by atoms with E-state index in [2.05, 4.69) is 14.7 Å². The van der Waals surface area contributed by atoms with Gasteiger partial charge in [0.15, 0.2) is 0 Å². The second-order valence-corrected chi connectivity index (χ2v) is 4.28. The first-order valence-corrected chi connectivity index (χ1v) is 5.88. The molecule has 0 saturated carbocycles. The molecule has 0 unspecified atom stereocenters. The van der Waals surface area contributed by atoms with Gasteiger partial charge in [0, 0.05) is 23.4 Å². The van der Waals surface area contributed by atoms with Crippen LogP contribution in [0.15, 0.2) is 0 Å². The van der Waals surface area contributed by atoms with E-state index >= 15 is 0 Å². The first-order chi connectivity index (χ1) is 9.19. The molecule has 20 heavy (non-hydrogen) atoms. The van der Waals surface area contributed by atoms with Crippen LogP contribution >= 0.6 is 0 Å². The molecule has 0 aliphatic carbocycles. The van der Waals surface area contributed by atoms with Gasteiger partial charge in [0.25, 0.3) is 0 Å². The topological polar surface area (TPSA) is 72.3 Å². The number of aryl methyl sites for hydroxylation is 2. The molecule has 0 aliphatic heterocycles. The lowest BCUT2D eigenvalue weighted by Gasteiger charge is -2.10. The lowest BCUT2D eigenvalue weighted by molar-refractivity contribution is -0.173. The van der Waals surface area contributed by atoms with Crippen LogP contribution in [0.4, 0.5) is 13.2 Å². The number of carbonyl (C=O) groups is 1. The van der Waals surface area contributed by atoms with E-state index in [1.807, 2.05) is 0 Å². The van der Waals surface area contributed by atoms with Crippen LogP contribution in [0.25, 0.3) is 0 Å². The van der Waals surface area contributed by atoms with Crippen LogP contribution in [-0.4, -0.2) is 40.4 Å². The summed E-state index contributed by atoms with van der Waals surface area (Å²) in [4.78, 5) is 18.9. The van der Waals surface area contributed by atoms with Crippen LogP contribution in [0.1, 0.15) is 22.8 Å². The van der Waals surface area contributed by atoms with Crippen molar-refractivity contribution in [1.82, 2.24) is 9.97 Å². The number of rotatable bonds is 6. The van der Waals surface area contributed by atoms with Crippen LogP contribution in [0.2, 0.25) is 0 Å². The van der Waals surface area contributed by atoms with Crippen molar-refractivity contribution >= 4 is 5.97 Å². The van der Waals surface area contributed by atoms with E-state index in [0.717, 1.165) is 0 Å². The normalized spacial score (nSPS) is 11.7. The summed E-state index contributed by atoms with van der Waals surface area (Å²) in [5.74, 6) is -0.641. The number of hydrogen-bond acceptors (Lipinski definition) is 4. The largest absolute Gasteiger partial charge is 0.481 e. The number of halogens is 3. The van der Waals surface area contributed by atoms with Gasteiger partial charge in [0.1, 0.15) is 12.4 Å². The van der Waals surface area contributed by atoms with E-state index in [1.54, 1.807) is 13.8 Å². The molecular formula is C12H15F3N2O3. The number of hydrogen-bond donors (Lipinski definition) is 1. The van der Waals surface area contributed by atoms with Gasteiger partial charge in [-0.05, 0) is 13.8 Å². The summed E-state index contributed by atoms with van der Waals surface area (Å²) in [5, 5.41) is 8.75. The zero-order chi connectivity index (χ0) is 15.3. The summed E-state index contributed by atoms with van der Waals surface area (Å²) < 4.78 is 40.1. The van der Waals surface area contributed by atoms with Gasteiger partial charge < -0.3 is 9.84 Å². The Morgan fingerprint density at radius 2 is 1.80 bits per heavy atom. The Balaban J connectivity index is 2.62. The Morgan fingerprint density at radius 3 is 2.25 bits per heavy atom. The van der Waals surface area contributed by atoms with Gasteiger partial charge in [-0.15, -0.1) is 0 Å². The fraction of sp³-hybridized carbons (Fsp3) is 0.583. The van der Waals surface area contributed by atoms with E-state index in [9.17, 15) is 18.0 Å². The van der Waals surface area contributed by atoms with E-state index in [0.29, 0.717) is 22.8 Å². The number of aromatic nitrogens is 2. The average Bonchev–Trinajstić information content (AvgIpc) is 2.28. The summed E-state index contributed by atoms with van der Waals surface area (Å²) in [6, 6.07) is 0. The highest BCUT2D eigenvalue weighted by atomic mass is 19.4. The van der Waals surface area contributed by atoms with Crippen LogP contribution in [-0.2, 0) is 22.4 Å². The summed E-state index contributed by atoms with van der Waals surface area (Å²) >= 11 is 0. The average molecular weight is 292 g/mol. The molecular weight excluding hydrogens is 277 g/mol. The number of alkyl halides is 3. The van der Waals surface area contributed by atoms with Crippen molar-refractivity contribution in [3.8, 4) is 0 Å². The Hall–Kier alpha value is -1.70. The number of nitrogens with zero attached hydrogens (tertiary/aromatic N) is 2. The highest BCUT2D eigenvalue weighted by molar-refractivity contribution is 5.70. The second-order valence-electron chi connectivity index (χ2n) is 4.28. The first-order valence-electron chi connectivity index (χ1n) is 5.88. The van der Waals surface area contributed by atoms with E-state index in [1.165, 1.54) is 0 Å². The zero-order valence-electron chi connectivity index (χ0n) is 11.1. The quantitative estimate of drug-likeness (QED) is 0.810. The van der Waals surface area contributed by atoms with Crippen molar-refractivity contribution in [1.29, 1.82) is 0 Å². The molecule has 0 bridgehead atoms. The number of aliphatic carboxylic acids is 1. The molecule has 5 nitrogen and oxygen atoms in total. The third-order valence-corrected chi connectivity index (χ3v) is 2.53. The number of ether oxygens (including phenoxy) is 1. The molecule has 8 heteroatoms. The molecule has 1 aromatic rings. The van der Waals surface area contributed by atoms with Crippen molar-refractivity contribution < 1.29 is 27.8 Å². The standard InChI is InChI=1S/C12H15F3N2O3/c1-7-9(5-11(18)19)8(2)17-10(16-7)3-4-20-6-12(13,14)15/h3-6H2,1-2H3,(H,18,19). The summed E-state index contributed by atoms with van der Waals surface area (Å²) in [5.41, 5.74) is 1.56. The minimum atomic E-state index is -4.35. The van der Waals surface area contributed by atoms with E-state index in [-0.39, 0.29) is 19.4 Å². The van der Waals surface area contributed by atoms with Gasteiger partial charge in [-0.25, -0.2) is 9.97 Å². The fourth-order valence-electron chi connectivity index (χ4n) is 1.68. The lowest BCUT2D eigenvalue weighted by Crippen LogP contribution is -2.18. The Kier molecular flexibility index (Phi) is 5.43. The minimum absolute atomic E-state index is 0.142. The number of carboxylic acids is 1. The molecule has 0 radical (unpaired) electrons. The molecule has 0 aliphatic rings. The maximum Gasteiger partial charge on any atom is 0.411 e. The minimum Gasteiger partial charge on any atom is -0.481 e. The molecule has 0 fully saturated rings. The first kappa shape index (κ1) is 16.4. The molecule has 1 aromatic heterocycles. The van der Waals surface area contributed by atoms with Crippen LogP contribution in [0.3, 0.4) is 0 Å². The van der Waals surface area contributed by atoms with Gasteiger partial charge >= 0.3 is 12.1 Å². The number of carboxylic acid groups (broad SMARTS) is 1. The summed E-state index contributed by atoms with van der Waals surface area (Å²) in [7, 11) is 0. The van der Waals surface area contributed by atoms with Crippen LogP contribution < -0.4 is 0 Å². The van der Waals surface area contributed by atoms with Crippen molar-refractivity contribution in [3.05, 3.63) is 22.8 Å². The highest BCUT2D eigenvalue weighted by Gasteiger charge is 2.27. The van der Waals surface area contributed by atoms with Crippen molar-refractivity contribution in [2.24, 2.45) is 0 Å². The summed E-state index contributed by atoms with van der Waals surface area (Å²) in [6.45, 7) is 1.85. The smallest absolute Gasteiger partial charge is 0.411 e. The molecule has 0 saturated heterocycles. The molecule has 0 spiro atoms. The Bertz CT molecular complexity index is 466. The van der Waals surface area contributed by atoms with Crippen molar-refractivity contribution in [2.45, 2.75) is 32.9 Å². The third-order valence-electron chi connectivity index (χ3n) is 2.53. The lowest BCUT2D eigenvalue weighted by atomic mass is 10.1. The predicted molar refractivity (Wildman–Crippen MR) is 63.4 cm³/mol. The third kappa shape index (κ3) is 5.52. The van der Waals surface area contributed by atoms with Gasteiger partial charge in [0.05, 0.1) is 13.0 Å². The fourth-order valence-corrected chi connectivity index (χ4v) is 1.68. The molecule has 1 N–H and O–H groups in total. The molecule has 0 atom stereocenters. The van der Waals surface area contributed by atoms with Crippen LogP contribution in [0.5, 0.6) is 0 Å². The van der Waals surface area contributed by atoms with Gasteiger partial charge in [-0.1, -0.05) is 0 Å². The SMILES string of the molecule is Cc1nc(CCOCC(F)(F)F)nc(C)c1CC(=O)O. The van der Waals surface area contributed by atoms with E-state index in [4.69, 9.17) is 5.11 Å². The van der Waals surface area contributed by atoms with E-state index < -0.39 is 18.8 Å². The van der Waals surface area contributed by atoms with Crippen molar-refractivity contribution in [2.75, 3.05) is 13.2 Å². The van der Waals surface area contributed by atoms with Crippen molar-refractivity contribution in [3.63, 3.8) is 0 Å². The Morgan fingerprint density at radius 1 is 1.25 bits per heavy atom. The molecule has 0 aromatic carbocycles. The maximum atomic E-state index is 11.9. The monoisotopic (exact) mass is 292 g/mol. The van der Waals surface area contributed by atoms with Crippen LogP contribution in [0, 0.1) is 13.8 Å². The highest BCUT2D eigenvalue weighted by Crippen LogP contribution is 2.15. The summed E-state index contributed by atoms with van der Waals surface area (Å²) in [6.07, 6.45) is -4.38. The van der Waals surface area contributed by atoms with Gasteiger partial charge in [-0.2, -0.15) is 13.2 Å². The van der Waals surface area contributed by atoms with Gasteiger partial charge in [-0.3, -0.25) is 4.79 Å². The second kappa shape index (κ2) is 6.65. The predicted octanol–water partition coefficient (Wildman–Crippen LogP) is 1.84. The zero-order valence-corrected chi connectivity index (χ0v) is 11.1. The molecule has 112 valence electrons. The Labute approximate surface area is 113 Å². The van der Waals surface area contributed by atoms with Gasteiger partial charge in [0.2, 0.25) is 0 Å². The molecule has 1 heterocycles. The molecule has 0 amide bonds. The molecule has 1 rings (SSSR count).